The molecule has 0 amide bonds. The molecule has 0 spiro atoms. The van der Waals surface area contributed by atoms with Crippen LogP contribution in [0.1, 0.15) is 19.3 Å². The Hall–Kier alpha value is -1.07. The maximum absolute atomic E-state index is 10.8. The summed E-state index contributed by atoms with van der Waals surface area (Å²) in [5, 5.41) is 10.8. The molecule has 0 aliphatic carbocycles. The molecular formula is C11H14N2O2S. The maximum atomic E-state index is 10.8. The van der Waals surface area contributed by atoms with E-state index in [0.717, 1.165) is 18.0 Å². The third kappa shape index (κ3) is 2.74. The Morgan fingerprint density at radius 3 is 2.56 bits per heavy atom. The molecule has 0 unspecified atom stereocenters. The molecule has 0 N–H and O–H groups in total. The van der Waals surface area contributed by atoms with Gasteiger partial charge in [0.25, 0.3) is 5.69 Å². The van der Waals surface area contributed by atoms with Gasteiger partial charge in [-0.3, -0.25) is 10.1 Å². The minimum atomic E-state index is -0.313. The van der Waals surface area contributed by atoms with Crippen LogP contribution in [0.3, 0.4) is 0 Å². The van der Waals surface area contributed by atoms with Crippen molar-refractivity contribution in [3.05, 3.63) is 34.4 Å². The summed E-state index contributed by atoms with van der Waals surface area (Å²) in [6.07, 6.45) is 3.65. The van der Waals surface area contributed by atoms with Crippen LogP contribution in [0.5, 0.6) is 0 Å². The van der Waals surface area contributed by atoms with Gasteiger partial charge in [-0.25, -0.2) is 4.31 Å². The fourth-order valence-electron chi connectivity index (χ4n) is 1.78. The zero-order valence-corrected chi connectivity index (χ0v) is 9.78. The Morgan fingerprint density at radius 2 is 1.88 bits per heavy atom. The van der Waals surface area contributed by atoms with E-state index in [4.69, 9.17) is 0 Å². The number of benzene rings is 1. The Balaban J connectivity index is 2.10. The monoisotopic (exact) mass is 238 g/mol. The minimum Gasteiger partial charge on any atom is -0.258 e. The molecule has 0 radical (unpaired) electrons. The molecule has 1 aromatic rings. The highest BCUT2D eigenvalue weighted by Gasteiger charge is 2.18. The number of nitro groups is 1. The highest BCUT2D eigenvalue weighted by atomic mass is 32.2. The second kappa shape index (κ2) is 5.32. The summed E-state index contributed by atoms with van der Waals surface area (Å²) in [5.74, 6) is 0. The molecule has 1 aromatic carbocycles. The summed E-state index contributed by atoms with van der Waals surface area (Å²) >= 11 is 1.51. The van der Waals surface area contributed by atoms with Crippen molar-refractivity contribution in [2.45, 2.75) is 24.2 Å². The summed E-state index contributed by atoms with van der Waals surface area (Å²) in [6, 6.07) is 6.93. The molecule has 0 saturated carbocycles. The summed E-state index contributed by atoms with van der Waals surface area (Å²) in [6.45, 7) is 2.05. The molecular weight excluding hydrogens is 224 g/mol. The smallest absolute Gasteiger partial charge is 0.258 e. The van der Waals surface area contributed by atoms with Gasteiger partial charge in [-0.2, -0.15) is 0 Å². The van der Waals surface area contributed by atoms with Gasteiger partial charge in [-0.1, -0.05) is 18.6 Å². The zero-order valence-electron chi connectivity index (χ0n) is 8.96. The molecule has 0 aromatic heterocycles. The van der Waals surface area contributed by atoms with E-state index in [1.165, 1.54) is 31.2 Å². The minimum absolute atomic E-state index is 0.207. The van der Waals surface area contributed by atoms with Crippen molar-refractivity contribution in [3.8, 4) is 0 Å². The molecule has 1 aliphatic rings. The quantitative estimate of drug-likeness (QED) is 0.461. The van der Waals surface area contributed by atoms with Crippen LogP contribution < -0.4 is 0 Å². The molecule has 16 heavy (non-hydrogen) atoms. The SMILES string of the molecule is O=[N+]([O-])c1ccccc1SN1CCCCC1. The van der Waals surface area contributed by atoms with Crippen LogP contribution in [0, 0.1) is 10.1 Å². The normalized spacial score (nSPS) is 17.2. The van der Waals surface area contributed by atoms with Crippen molar-refractivity contribution in [3.63, 3.8) is 0 Å². The van der Waals surface area contributed by atoms with Crippen molar-refractivity contribution in [1.82, 2.24) is 4.31 Å². The molecule has 1 fully saturated rings. The molecule has 1 heterocycles. The Bertz CT molecular complexity index is 378. The number of piperidine rings is 1. The predicted octanol–water partition coefficient (Wildman–Crippen LogP) is 3.09. The fraction of sp³-hybridized carbons (Fsp3) is 0.455. The molecule has 4 nitrogen and oxygen atoms in total. The number of hydrogen-bond donors (Lipinski definition) is 0. The van der Waals surface area contributed by atoms with Crippen LogP contribution >= 0.6 is 11.9 Å². The van der Waals surface area contributed by atoms with E-state index in [9.17, 15) is 10.1 Å². The van der Waals surface area contributed by atoms with Gasteiger partial charge in [0.2, 0.25) is 0 Å². The summed E-state index contributed by atoms with van der Waals surface area (Å²) in [7, 11) is 0. The van der Waals surface area contributed by atoms with Crippen LogP contribution in [0.25, 0.3) is 0 Å². The molecule has 0 bridgehead atoms. The Labute approximate surface area is 98.9 Å². The average Bonchev–Trinajstić information content (AvgIpc) is 2.31. The first-order valence-electron chi connectivity index (χ1n) is 5.44. The third-order valence-corrected chi connectivity index (χ3v) is 3.77. The summed E-state index contributed by atoms with van der Waals surface area (Å²) in [4.78, 5) is 11.3. The van der Waals surface area contributed by atoms with E-state index < -0.39 is 0 Å². The molecule has 86 valence electrons. The highest BCUT2D eigenvalue weighted by Crippen LogP contribution is 2.32. The van der Waals surface area contributed by atoms with Gasteiger partial charge in [0.1, 0.15) is 4.90 Å². The molecule has 1 aliphatic heterocycles. The van der Waals surface area contributed by atoms with Gasteiger partial charge in [0.15, 0.2) is 0 Å². The number of hydrogen-bond acceptors (Lipinski definition) is 4. The van der Waals surface area contributed by atoms with Crippen molar-refractivity contribution >= 4 is 17.6 Å². The van der Waals surface area contributed by atoms with Gasteiger partial charge in [0.05, 0.1) is 4.92 Å². The number of nitrogens with zero attached hydrogens (tertiary/aromatic N) is 2. The number of nitro benzene ring substituents is 1. The van der Waals surface area contributed by atoms with Crippen molar-refractivity contribution in [1.29, 1.82) is 0 Å². The highest BCUT2D eigenvalue weighted by molar-refractivity contribution is 7.97. The second-order valence-electron chi connectivity index (χ2n) is 3.81. The lowest BCUT2D eigenvalue weighted by Gasteiger charge is -2.24. The first kappa shape index (κ1) is 11.4. The molecule has 2 rings (SSSR count). The third-order valence-electron chi connectivity index (χ3n) is 2.60. The van der Waals surface area contributed by atoms with Gasteiger partial charge >= 0.3 is 0 Å². The average molecular weight is 238 g/mol. The van der Waals surface area contributed by atoms with E-state index >= 15 is 0 Å². The van der Waals surface area contributed by atoms with E-state index in [1.54, 1.807) is 12.1 Å². The second-order valence-corrected chi connectivity index (χ2v) is 4.94. The molecule has 5 heteroatoms. The topological polar surface area (TPSA) is 46.4 Å². The lowest BCUT2D eigenvalue weighted by Crippen LogP contribution is -2.22. The van der Waals surface area contributed by atoms with Gasteiger partial charge in [0, 0.05) is 19.2 Å². The van der Waals surface area contributed by atoms with Gasteiger partial charge in [-0.15, -0.1) is 0 Å². The molecule has 0 atom stereocenters. The van der Waals surface area contributed by atoms with Crippen LogP contribution in [-0.2, 0) is 0 Å². The van der Waals surface area contributed by atoms with E-state index in [-0.39, 0.29) is 10.6 Å². The van der Waals surface area contributed by atoms with Crippen molar-refractivity contribution in [2.24, 2.45) is 0 Å². The molecule has 1 saturated heterocycles. The summed E-state index contributed by atoms with van der Waals surface area (Å²) < 4.78 is 2.21. The number of para-hydroxylation sites is 1. The Morgan fingerprint density at radius 1 is 1.19 bits per heavy atom. The van der Waals surface area contributed by atoms with Crippen molar-refractivity contribution < 1.29 is 4.92 Å². The number of rotatable bonds is 3. The first-order valence-corrected chi connectivity index (χ1v) is 6.21. The first-order chi connectivity index (χ1) is 7.77. The van der Waals surface area contributed by atoms with Crippen LogP contribution in [0.15, 0.2) is 29.2 Å². The maximum Gasteiger partial charge on any atom is 0.284 e. The van der Waals surface area contributed by atoms with E-state index in [2.05, 4.69) is 4.31 Å². The van der Waals surface area contributed by atoms with Crippen LogP contribution in [0.4, 0.5) is 5.69 Å². The predicted molar refractivity (Wildman–Crippen MR) is 64.4 cm³/mol. The van der Waals surface area contributed by atoms with Crippen molar-refractivity contribution in [2.75, 3.05) is 13.1 Å². The Kier molecular flexibility index (Phi) is 3.79. The fourth-order valence-corrected chi connectivity index (χ4v) is 2.87. The van der Waals surface area contributed by atoms with Gasteiger partial charge < -0.3 is 0 Å². The standard InChI is InChI=1S/C11H14N2O2S/c14-13(15)10-6-2-3-7-11(10)16-12-8-4-1-5-9-12/h2-3,6-7H,1,4-5,8-9H2. The largest absolute Gasteiger partial charge is 0.284 e. The summed E-state index contributed by atoms with van der Waals surface area (Å²) in [5.41, 5.74) is 0.207. The van der Waals surface area contributed by atoms with E-state index in [0.29, 0.717) is 0 Å². The van der Waals surface area contributed by atoms with Gasteiger partial charge in [-0.05, 0) is 30.9 Å². The lowest BCUT2D eigenvalue weighted by atomic mass is 10.2. The van der Waals surface area contributed by atoms with E-state index in [1.807, 2.05) is 12.1 Å². The van der Waals surface area contributed by atoms with Crippen LogP contribution in [0.2, 0.25) is 0 Å². The lowest BCUT2D eigenvalue weighted by molar-refractivity contribution is -0.387. The zero-order chi connectivity index (χ0) is 11.4. The van der Waals surface area contributed by atoms with Crippen LogP contribution in [-0.4, -0.2) is 22.3 Å².